The van der Waals surface area contributed by atoms with E-state index in [2.05, 4.69) is 33.0 Å². The molecule has 6 heteroatoms. The van der Waals surface area contributed by atoms with Gasteiger partial charge in [0, 0.05) is 18.4 Å². The summed E-state index contributed by atoms with van der Waals surface area (Å²) in [5.74, 6) is 3.24. The average Bonchev–Trinajstić information content (AvgIpc) is 3.45. The van der Waals surface area contributed by atoms with Gasteiger partial charge in [0.2, 0.25) is 5.91 Å². The van der Waals surface area contributed by atoms with Crippen molar-refractivity contribution in [2.45, 2.75) is 110 Å². The summed E-state index contributed by atoms with van der Waals surface area (Å²) in [5, 5.41) is 14.9. The predicted octanol–water partition coefficient (Wildman–Crippen LogP) is 7.64. The van der Waals surface area contributed by atoms with Gasteiger partial charge < -0.3 is 15.2 Å². The first-order valence-electron chi connectivity index (χ1n) is 14.9. The van der Waals surface area contributed by atoms with Gasteiger partial charge in [0.15, 0.2) is 0 Å². The molecule has 1 amide bonds. The Kier molecular flexibility index (Phi) is 8.11. The Morgan fingerprint density at radius 2 is 1.89 bits per heavy atom. The van der Waals surface area contributed by atoms with Crippen molar-refractivity contribution in [3.05, 3.63) is 21.3 Å². The summed E-state index contributed by atoms with van der Waals surface area (Å²) >= 11 is 7.71. The third kappa shape index (κ3) is 4.93. The molecule has 1 aromatic heterocycles. The molecule has 2 N–H and O–H groups in total. The van der Waals surface area contributed by atoms with Crippen LogP contribution in [0.3, 0.4) is 0 Å². The third-order valence-electron chi connectivity index (χ3n) is 11.9. The minimum absolute atomic E-state index is 0.0406. The van der Waals surface area contributed by atoms with E-state index in [0.717, 1.165) is 34.9 Å². The number of carbonyl (C=O) groups is 1. The number of hydrogen-bond donors (Lipinski definition) is 2. The number of halogens is 1. The van der Waals surface area contributed by atoms with E-state index in [0.29, 0.717) is 53.4 Å². The van der Waals surface area contributed by atoms with Crippen LogP contribution in [0, 0.1) is 46.3 Å². The summed E-state index contributed by atoms with van der Waals surface area (Å²) in [6.45, 7) is 9.46. The fourth-order valence-electron chi connectivity index (χ4n) is 9.95. The Balaban J connectivity index is 1.26. The van der Waals surface area contributed by atoms with E-state index in [9.17, 15) is 9.90 Å². The highest BCUT2D eigenvalue weighted by Crippen LogP contribution is 2.68. The van der Waals surface area contributed by atoms with E-state index in [1.165, 1.54) is 32.1 Å². The van der Waals surface area contributed by atoms with Crippen molar-refractivity contribution < 1.29 is 14.6 Å². The van der Waals surface area contributed by atoms with Gasteiger partial charge in [-0.05, 0) is 116 Å². The Morgan fingerprint density at radius 3 is 2.57 bits per heavy atom. The molecule has 5 rings (SSSR count). The number of aliphatic hydroxyl groups excluding tert-OH is 1. The molecule has 0 radical (unpaired) electrons. The summed E-state index contributed by atoms with van der Waals surface area (Å²) in [4.78, 5) is 14.3. The normalized spacial score (nSPS) is 42.8. The largest absolute Gasteiger partial charge is 0.393 e. The molecular formula is C31H48ClNO3S. The zero-order chi connectivity index (χ0) is 26.5. The lowest BCUT2D eigenvalue weighted by molar-refractivity contribution is -0.176. The number of fused-ring (bicyclic) bond motifs is 5. The van der Waals surface area contributed by atoms with Gasteiger partial charge in [0.05, 0.1) is 22.6 Å². The fourth-order valence-corrected chi connectivity index (χ4v) is 11.1. The van der Waals surface area contributed by atoms with Crippen molar-refractivity contribution in [2.24, 2.45) is 46.3 Å². The lowest BCUT2D eigenvalue weighted by atomic mass is 9.43. The molecule has 1 unspecified atom stereocenters. The van der Waals surface area contributed by atoms with Gasteiger partial charge in [-0.25, -0.2) is 0 Å². The van der Waals surface area contributed by atoms with E-state index in [1.807, 2.05) is 19.2 Å². The molecule has 1 aromatic rings. The van der Waals surface area contributed by atoms with Crippen molar-refractivity contribution in [1.29, 1.82) is 0 Å². The van der Waals surface area contributed by atoms with Crippen LogP contribution >= 0.6 is 22.9 Å². The topological polar surface area (TPSA) is 58.6 Å². The van der Waals surface area contributed by atoms with Crippen molar-refractivity contribution in [1.82, 2.24) is 5.32 Å². The quantitative estimate of drug-likeness (QED) is 0.367. The molecule has 11 atom stereocenters. The summed E-state index contributed by atoms with van der Waals surface area (Å²) in [7, 11) is 1.85. The molecule has 0 spiro atoms. The van der Waals surface area contributed by atoms with Crippen molar-refractivity contribution in [3.8, 4) is 0 Å². The molecule has 4 nitrogen and oxygen atoms in total. The number of rotatable bonds is 7. The van der Waals surface area contributed by atoms with E-state index < -0.39 is 0 Å². The number of amides is 1. The van der Waals surface area contributed by atoms with Crippen LogP contribution in [0.25, 0.3) is 0 Å². The number of carbonyl (C=O) groups excluding carboxylic acids is 1. The lowest BCUT2D eigenvalue weighted by Gasteiger charge is -2.62. The van der Waals surface area contributed by atoms with Crippen molar-refractivity contribution in [3.63, 3.8) is 0 Å². The zero-order valence-electron chi connectivity index (χ0n) is 23.5. The average molecular weight is 550 g/mol. The molecule has 208 valence electrons. The highest BCUT2D eigenvalue weighted by Gasteiger charge is 2.63. The molecule has 0 bridgehead atoms. The number of nitrogens with one attached hydrogen (secondary N) is 1. The number of hydrogen-bond acceptors (Lipinski definition) is 4. The van der Waals surface area contributed by atoms with Crippen LogP contribution < -0.4 is 5.32 Å². The van der Waals surface area contributed by atoms with Crippen molar-refractivity contribution >= 4 is 28.8 Å². The molecule has 0 aliphatic heterocycles. The Labute approximate surface area is 233 Å². The Hall–Kier alpha value is -0.620. The van der Waals surface area contributed by atoms with Gasteiger partial charge in [-0.3, -0.25) is 4.79 Å². The smallest absolute Gasteiger partial charge is 0.220 e. The summed E-state index contributed by atoms with van der Waals surface area (Å²) in [6.07, 6.45) is 10.9. The van der Waals surface area contributed by atoms with Gasteiger partial charge in [-0.15, -0.1) is 11.3 Å². The van der Waals surface area contributed by atoms with Crippen LogP contribution in [-0.2, 0) is 9.53 Å². The van der Waals surface area contributed by atoms with Crippen LogP contribution in [0.15, 0.2) is 12.1 Å². The second kappa shape index (κ2) is 10.7. The molecule has 0 aromatic carbocycles. The minimum atomic E-state index is -0.191. The van der Waals surface area contributed by atoms with Gasteiger partial charge >= 0.3 is 0 Å². The monoisotopic (exact) mass is 549 g/mol. The van der Waals surface area contributed by atoms with E-state index in [-0.39, 0.29) is 23.5 Å². The molecule has 37 heavy (non-hydrogen) atoms. The summed E-state index contributed by atoms with van der Waals surface area (Å²) in [5.41, 5.74) is 0.559. The maximum absolute atomic E-state index is 13.2. The first kappa shape index (κ1) is 27.9. The van der Waals surface area contributed by atoms with Gasteiger partial charge in [-0.2, -0.15) is 0 Å². The molecule has 0 saturated heterocycles. The SMILES string of the molecule is CC[C@@H](NC(=O)C[C@@H](C)C1CC[C@H]2[C@@H]3[C@H](O)C[C@@H]4C[C@H](OC)CC[C@]4(C)[C@H]3CC[C@]12C)c1ccc(Cl)s1. The molecule has 4 aliphatic carbocycles. The first-order valence-corrected chi connectivity index (χ1v) is 16.1. The zero-order valence-corrected chi connectivity index (χ0v) is 25.0. The van der Waals surface area contributed by atoms with Crippen LogP contribution in [0.1, 0.15) is 103 Å². The number of ether oxygens (including phenoxy) is 1. The maximum atomic E-state index is 13.2. The lowest BCUT2D eigenvalue weighted by Crippen LogP contribution is -2.58. The molecule has 4 fully saturated rings. The first-order chi connectivity index (χ1) is 17.6. The third-order valence-corrected chi connectivity index (χ3v) is 13.3. The molecule has 1 heterocycles. The second-order valence-corrected chi connectivity index (χ2v) is 15.3. The Morgan fingerprint density at radius 1 is 1.16 bits per heavy atom. The molecule has 4 saturated carbocycles. The van der Waals surface area contributed by atoms with Crippen LogP contribution in [0.5, 0.6) is 0 Å². The van der Waals surface area contributed by atoms with E-state index in [1.54, 1.807) is 11.3 Å². The van der Waals surface area contributed by atoms with Crippen molar-refractivity contribution in [2.75, 3.05) is 7.11 Å². The summed E-state index contributed by atoms with van der Waals surface area (Å²) in [6, 6.07) is 3.99. The second-order valence-electron chi connectivity index (χ2n) is 13.5. The number of aliphatic hydroxyl groups is 1. The van der Waals surface area contributed by atoms with E-state index in [4.69, 9.17) is 16.3 Å². The minimum Gasteiger partial charge on any atom is -0.393 e. The highest BCUT2D eigenvalue weighted by atomic mass is 35.5. The summed E-state index contributed by atoms with van der Waals surface area (Å²) < 4.78 is 6.52. The molecular weight excluding hydrogens is 502 g/mol. The van der Waals surface area contributed by atoms with Gasteiger partial charge in [-0.1, -0.05) is 39.3 Å². The number of thiophene rings is 1. The maximum Gasteiger partial charge on any atom is 0.220 e. The Bertz CT molecular complexity index is 968. The molecule has 4 aliphatic rings. The van der Waals surface area contributed by atoms with Crippen LogP contribution in [0.2, 0.25) is 4.34 Å². The van der Waals surface area contributed by atoms with Crippen LogP contribution in [-0.4, -0.2) is 30.3 Å². The standard InChI is InChI=1S/C31H48ClNO3S/c1-6-24(26-9-10-27(32)37-26)33-28(35)15-18(2)21-7-8-22-29-23(12-14-31(21,22)4)30(3)13-11-20(36-5)16-19(30)17-25(29)34/h9-10,18-25,29,34H,6-8,11-17H2,1-5H3,(H,33,35)/t18-,19+,20-,21?,22+,23+,24-,25-,29+,30+,31-/m1/s1. The van der Waals surface area contributed by atoms with Gasteiger partial charge in [0.25, 0.3) is 0 Å². The van der Waals surface area contributed by atoms with E-state index >= 15 is 0 Å². The fraction of sp³-hybridized carbons (Fsp3) is 0.839. The highest BCUT2D eigenvalue weighted by molar-refractivity contribution is 7.16. The number of methoxy groups -OCH3 is 1. The predicted molar refractivity (Wildman–Crippen MR) is 152 cm³/mol. The van der Waals surface area contributed by atoms with Crippen LogP contribution in [0.4, 0.5) is 0 Å². The van der Waals surface area contributed by atoms with Gasteiger partial charge in [0.1, 0.15) is 0 Å².